The second-order valence-corrected chi connectivity index (χ2v) is 4.93. The first kappa shape index (κ1) is 15.1. The molecule has 1 N–H and O–H groups in total. The first-order valence-corrected chi connectivity index (χ1v) is 6.84. The van der Waals surface area contributed by atoms with Gasteiger partial charge in [0.15, 0.2) is 0 Å². The Labute approximate surface area is 113 Å². The number of ether oxygens (including phenoxy) is 1. The normalized spacial score (nSPS) is 22.6. The summed E-state index contributed by atoms with van der Waals surface area (Å²) in [5.74, 6) is 1.24. The molecule has 0 amide bonds. The third-order valence-electron chi connectivity index (χ3n) is 3.19. The van der Waals surface area contributed by atoms with Crippen molar-refractivity contribution in [1.29, 1.82) is 0 Å². The van der Waals surface area contributed by atoms with Gasteiger partial charge in [-0.15, -0.1) is 0 Å². The number of Topliss-reactive ketones (excluding diaryl/α,β-unsaturated/α-hetero) is 1. The fraction of sp³-hybridized carbons (Fsp3) is 0.643. The predicted molar refractivity (Wildman–Crippen MR) is 72.5 cm³/mol. The van der Waals surface area contributed by atoms with Gasteiger partial charge in [0.25, 0.3) is 0 Å². The molecule has 0 aromatic heterocycles. The highest BCUT2D eigenvalue weighted by Gasteiger charge is 2.15. The smallest absolute Gasteiger partial charge is 0.132 e. The van der Waals surface area contributed by atoms with Crippen LogP contribution in [0.2, 0.25) is 0 Å². The third-order valence-corrected chi connectivity index (χ3v) is 3.64. The van der Waals surface area contributed by atoms with Crippen LogP contribution in [-0.4, -0.2) is 18.0 Å². The molecule has 0 atom stereocenters. The second-order valence-electron chi connectivity index (χ2n) is 4.55. The molecule has 2 aliphatic carbocycles. The lowest BCUT2D eigenvalue weighted by Gasteiger charge is -2.16. The molecule has 2 rings (SSSR count). The van der Waals surface area contributed by atoms with Gasteiger partial charge in [-0.3, -0.25) is 4.79 Å². The molecule has 0 bridgehead atoms. The first-order chi connectivity index (χ1) is 8.69. The van der Waals surface area contributed by atoms with Gasteiger partial charge in [0.1, 0.15) is 11.5 Å². The van der Waals surface area contributed by atoms with Crippen molar-refractivity contribution in [3.63, 3.8) is 0 Å². The standard InChI is InChI=1S/C8H11ClO2.C6H10O/c1-11-7-4-2-3-6(5-10)8(7)9;7-6-4-2-1-3-5-6/h5,10H,2-4H2,1H3;1-5H2/b6-5+;. The van der Waals surface area contributed by atoms with Gasteiger partial charge in [0.2, 0.25) is 0 Å². The molecule has 18 heavy (non-hydrogen) atoms. The number of carbonyl (C=O) groups is 1. The van der Waals surface area contributed by atoms with Crippen LogP contribution in [0.3, 0.4) is 0 Å². The van der Waals surface area contributed by atoms with E-state index in [0.29, 0.717) is 10.8 Å². The molecule has 0 radical (unpaired) electrons. The zero-order valence-electron chi connectivity index (χ0n) is 10.9. The molecule has 0 aromatic carbocycles. The van der Waals surface area contributed by atoms with Crippen molar-refractivity contribution in [1.82, 2.24) is 0 Å². The summed E-state index contributed by atoms with van der Waals surface area (Å²) in [5.41, 5.74) is 0.773. The molecule has 0 saturated heterocycles. The van der Waals surface area contributed by atoms with Gasteiger partial charge in [-0.25, -0.2) is 0 Å². The highest BCUT2D eigenvalue weighted by Crippen LogP contribution is 2.31. The fourth-order valence-electron chi connectivity index (χ4n) is 2.10. The van der Waals surface area contributed by atoms with Crippen molar-refractivity contribution in [3.05, 3.63) is 22.6 Å². The van der Waals surface area contributed by atoms with Crippen LogP contribution in [0.4, 0.5) is 0 Å². The summed E-state index contributed by atoms with van der Waals surface area (Å²) >= 11 is 5.88. The predicted octanol–water partition coefficient (Wildman–Crippen LogP) is 4.23. The Kier molecular flexibility index (Phi) is 6.88. The molecular weight excluding hydrogens is 252 g/mol. The molecule has 0 heterocycles. The maximum Gasteiger partial charge on any atom is 0.132 e. The lowest BCUT2D eigenvalue weighted by atomic mass is 10.00. The minimum atomic E-state index is 0.464. The number of aliphatic hydroxyl groups is 1. The lowest BCUT2D eigenvalue weighted by molar-refractivity contribution is -0.120. The van der Waals surface area contributed by atoms with Crippen molar-refractivity contribution in [2.24, 2.45) is 0 Å². The van der Waals surface area contributed by atoms with Crippen molar-refractivity contribution >= 4 is 17.4 Å². The maximum atomic E-state index is 10.5. The number of ketones is 1. The number of halogens is 1. The number of rotatable bonds is 1. The van der Waals surface area contributed by atoms with E-state index in [4.69, 9.17) is 21.4 Å². The summed E-state index contributed by atoms with van der Waals surface area (Å²) < 4.78 is 5.03. The van der Waals surface area contributed by atoms with Gasteiger partial charge in [-0.05, 0) is 25.7 Å². The summed E-state index contributed by atoms with van der Waals surface area (Å²) in [6.07, 6.45) is 8.99. The summed E-state index contributed by atoms with van der Waals surface area (Å²) in [6, 6.07) is 0. The Morgan fingerprint density at radius 1 is 1.11 bits per heavy atom. The molecule has 0 aromatic rings. The average Bonchev–Trinajstić information content (AvgIpc) is 2.41. The number of methoxy groups -OCH3 is 1. The number of aliphatic hydroxyl groups excluding tert-OH is 1. The van der Waals surface area contributed by atoms with E-state index in [2.05, 4.69) is 0 Å². The van der Waals surface area contributed by atoms with E-state index in [1.807, 2.05) is 0 Å². The number of hydrogen-bond acceptors (Lipinski definition) is 3. The topological polar surface area (TPSA) is 46.5 Å². The highest BCUT2D eigenvalue weighted by molar-refractivity contribution is 6.32. The van der Waals surface area contributed by atoms with E-state index in [0.717, 1.165) is 62.5 Å². The maximum absolute atomic E-state index is 10.5. The molecule has 0 aliphatic heterocycles. The van der Waals surface area contributed by atoms with Crippen LogP contribution in [0.25, 0.3) is 0 Å². The van der Waals surface area contributed by atoms with Crippen LogP contribution in [0.5, 0.6) is 0 Å². The van der Waals surface area contributed by atoms with Crippen LogP contribution in [0.1, 0.15) is 51.4 Å². The Bertz CT molecular complexity index is 337. The largest absolute Gasteiger partial charge is 0.515 e. The monoisotopic (exact) mass is 272 g/mol. The molecule has 0 unspecified atom stereocenters. The zero-order valence-corrected chi connectivity index (χ0v) is 11.6. The first-order valence-electron chi connectivity index (χ1n) is 6.47. The molecule has 3 nitrogen and oxygen atoms in total. The number of hydrogen-bond donors (Lipinski definition) is 1. The lowest BCUT2D eigenvalue weighted by Crippen LogP contribution is -2.02. The second kappa shape index (κ2) is 8.20. The van der Waals surface area contributed by atoms with E-state index in [-0.39, 0.29) is 0 Å². The summed E-state index contributed by atoms with van der Waals surface area (Å²) in [6.45, 7) is 0. The summed E-state index contributed by atoms with van der Waals surface area (Å²) in [4.78, 5) is 10.5. The quantitative estimate of drug-likeness (QED) is 0.727. The highest BCUT2D eigenvalue weighted by atomic mass is 35.5. The van der Waals surface area contributed by atoms with E-state index < -0.39 is 0 Å². The van der Waals surface area contributed by atoms with Crippen molar-refractivity contribution in [2.75, 3.05) is 7.11 Å². The average molecular weight is 273 g/mol. The zero-order chi connectivity index (χ0) is 13.4. The fourth-order valence-corrected chi connectivity index (χ4v) is 2.41. The molecule has 1 saturated carbocycles. The van der Waals surface area contributed by atoms with Crippen LogP contribution < -0.4 is 0 Å². The molecule has 0 spiro atoms. The molecule has 4 heteroatoms. The number of allylic oxidation sites excluding steroid dienone is 3. The van der Waals surface area contributed by atoms with Crippen LogP contribution >= 0.6 is 11.6 Å². The molecule has 2 aliphatic rings. The van der Waals surface area contributed by atoms with E-state index >= 15 is 0 Å². The van der Waals surface area contributed by atoms with Gasteiger partial charge >= 0.3 is 0 Å². The van der Waals surface area contributed by atoms with Crippen molar-refractivity contribution < 1.29 is 14.6 Å². The molecule has 102 valence electrons. The molecular formula is C14H21ClO3. The van der Waals surface area contributed by atoms with Gasteiger partial charge in [-0.1, -0.05) is 18.0 Å². The minimum Gasteiger partial charge on any atom is -0.515 e. The Morgan fingerprint density at radius 3 is 2.22 bits per heavy atom. The van der Waals surface area contributed by atoms with Crippen LogP contribution in [-0.2, 0) is 9.53 Å². The van der Waals surface area contributed by atoms with Gasteiger partial charge < -0.3 is 9.84 Å². The SMILES string of the molecule is COC1=C(Cl)/C(=C/O)CCC1.O=C1CCCCC1. The number of carbonyl (C=O) groups excluding carboxylic acids is 1. The minimum absolute atomic E-state index is 0.464. The summed E-state index contributed by atoms with van der Waals surface area (Å²) in [5, 5.41) is 9.31. The third kappa shape index (κ3) is 4.73. The Morgan fingerprint density at radius 2 is 1.78 bits per heavy atom. The molecule has 1 fully saturated rings. The van der Waals surface area contributed by atoms with E-state index in [1.54, 1.807) is 7.11 Å². The Balaban J connectivity index is 0.000000199. The van der Waals surface area contributed by atoms with E-state index in [9.17, 15) is 4.79 Å². The Hall–Kier alpha value is -0.960. The van der Waals surface area contributed by atoms with E-state index in [1.165, 1.54) is 6.42 Å². The van der Waals surface area contributed by atoms with Gasteiger partial charge in [-0.2, -0.15) is 0 Å². The van der Waals surface area contributed by atoms with Crippen LogP contribution in [0, 0.1) is 0 Å². The summed E-state index contributed by atoms with van der Waals surface area (Å²) in [7, 11) is 1.60. The van der Waals surface area contributed by atoms with Crippen molar-refractivity contribution in [3.8, 4) is 0 Å². The van der Waals surface area contributed by atoms with Crippen LogP contribution in [0.15, 0.2) is 22.6 Å². The van der Waals surface area contributed by atoms with Gasteiger partial charge in [0.05, 0.1) is 18.4 Å². The van der Waals surface area contributed by atoms with Gasteiger partial charge in [0, 0.05) is 24.8 Å². The van der Waals surface area contributed by atoms with Crippen molar-refractivity contribution in [2.45, 2.75) is 51.4 Å².